The molecule has 3 rings (SSSR count). The molecule has 0 aromatic carbocycles. The monoisotopic (exact) mass is 377 g/mol. The lowest BCUT2D eigenvalue weighted by atomic mass is 10.4. The molecule has 2 N–H and O–H groups in total. The SMILES string of the molecule is CCn1c(S[C@@H](C)c2nc(N)nc(N(C)C)n2)nc2ccsc2c1=O. The number of thioether (sulfide) groups is 1. The number of aromatic nitrogens is 5. The molecule has 0 aliphatic heterocycles. The molecule has 0 saturated heterocycles. The van der Waals surface area contributed by atoms with Crippen LogP contribution in [-0.4, -0.2) is 38.6 Å². The Morgan fingerprint density at radius 1 is 1.32 bits per heavy atom. The maximum Gasteiger partial charge on any atom is 0.272 e. The molecule has 0 aliphatic rings. The van der Waals surface area contributed by atoms with E-state index in [0.717, 1.165) is 5.52 Å². The van der Waals surface area contributed by atoms with Crippen molar-refractivity contribution in [3.05, 3.63) is 27.6 Å². The van der Waals surface area contributed by atoms with Gasteiger partial charge in [-0.2, -0.15) is 15.0 Å². The van der Waals surface area contributed by atoms with Gasteiger partial charge in [0.15, 0.2) is 5.16 Å². The zero-order valence-corrected chi connectivity index (χ0v) is 16.1. The van der Waals surface area contributed by atoms with Gasteiger partial charge in [0.1, 0.15) is 10.5 Å². The van der Waals surface area contributed by atoms with E-state index in [9.17, 15) is 4.79 Å². The number of hydrogen-bond donors (Lipinski definition) is 1. The number of hydrogen-bond acceptors (Lipinski definition) is 9. The Hall–Kier alpha value is -2.20. The highest BCUT2D eigenvalue weighted by atomic mass is 32.2. The third-order valence-electron chi connectivity index (χ3n) is 3.55. The third-order valence-corrected chi connectivity index (χ3v) is 5.53. The van der Waals surface area contributed by atoms with E-state index < -0.39 is 0 Å². The first-order valence-electron chi connectivity index (χ1n) is 7.74. The highest BCUT2D eigenvalue weighted by molar-refractivity contribution is 7.99. The summed E-state index contributed by atoms with van der Waals surface area (Å²) in [5.74, 6) is 1.24. The number of nitrogen functional groups attached to an aromatic ring is 1. The van der Waals surface area contributed by atoms with Crippen LogP contribution in [0.2, 0.25) is 0 Å². The Kier molecular flexibility index (Phi) is 4.91. The molecule has 0 radical (unpaired) electrons. The van der Waals surface area contributed by atoms with Crippen LogP contribution in [0.4, 0.5) is 11.9 Å². The minimum absolute atomic E-state index is 0.0126. The van der Waals surface area contributed by atoms with Crippen LogP contribution in [0.15, 0.2) is 21.4 Å². The summed E-state index contributed by atoms with van der Waals surface area (Å²) in [7, 11) is 3.69. The number of anilines is 2. The summed E-state index contributed by atoms with van der Waals surface area (Å²) in [4.78, 5) is 31.8. The largest absolute Gasteiger partial charge is 0.368 e. The Balaban J connectivity index is 2.00. The standard InChI is InChI=1S/C15H19N7OS2/c1-5-22-12(23)10-9(6-7-24-10)17-15(22)25-8(2)11-18-13(16)20-14(19-11)21(3)4/h6-8H,5H2,1-4H3,(H2,16,18,19,20)/t8-/m0/s1. The summed E-state index contributed by atoms with van der Waals surface area (Å²) >= 11 is 2.85. The maximum absolute atomic E-state index is 12.6. The molecule has 132 valence electrons. The second kappa shape index (κ2) is 6.96. The third kappa shape index (κ3) is 3.45. The number of nitrogens with zero attached hydrogens (tertiary/aromatic N) is 6. The number of fused-ring (bicyclic) bond motifs is 1. The first kappa shape index (κ1) is 17.6. The predicted molar refractivity (Wildman–Crippen MR) is 102 cm³/mol. The lowest BCUT2D eigenvalue weighted by Crippen LogP contribution is -2.22. The van der Waals surface area contributed by atoms with Gasteiger partial charge in [0, 0.05) is 20.6 Å². The van der Waals surface area contributed by atoms with Crippen LogP contribution in [-0.2, 0) is 6.54 Å². The lowest BCUT2D eigenvalue weighted by molar-refractivity contribution is 0.633. The van der Waals surface area contributed by atoms with Crippen LogP contribution in [0.1, 0.15) is 24.9 Å². The molecule has 0 bridgehead atoms. The molecular weight excluding hydrogens is 358 g/mol. The molecule has 25 heavy (non-hydrogen) atoms. The van der Waals surface area contributed by atoms with Crippen molar-refractivity contribution in [3.63, 3.8) is 0 Å². The van der Waals surface area contributed by atoms with E-state index in [0.29, 0.717) is 28.2 Å². The molecule has 3 aromatic rings. The highest BCUT2D eigenvalue weighted by Crippen LogP contribution is 2.33. The van der Waals surface area contributed by atoms with Crippen LogP contribution in [0.25, 0.3) is 10.2 Å². The van der Waals surface area contributed by atoms with Gasteiger partial charge >= 0.3 is 0 Å². The Morgan fingerprint density at radius 2 is 2.08 bits per heavy atom. The van der Waals surface area contributed by atoms with Gasteiger partial charge in [0.05, 0.1) is 10.8 Å². The van der Waals surface area contributed by atoms with Crippen LogP contribution in [0.5, 0.6) is 0 Å². The van der Waals surface area contributed by atoms with Gasteiger partial charge in [-0.3, -0.25) is 9.36 Å². The Bertz CT molecular complexity index is 966. The first-order chi connectivity index (χ1) is 11.9. The summed E-state index contributed by atoms with van der Waals surface area (Å²) in [6.45, 7) is 4.45. The smallest absolute Gasteiger partial charge is 0.272 e. The lowest BCUT2D eigenvalue weighted by Gasteiger charge is -2.16. The first-order valence-corrected chi connectivity index (χ1v) is 9.50. The summed E-state index contributed by atoms with van der Waals surface area (Å²) in [5, 5.41) is 2.40. The molecule has 8 nitrogen and oxygen atoms in total. The van der Waals surface area contributed by atoms with Gasteiger partial charge < -0.3 is 10.6 Å². The Morgan fingerprint density at radius 3 is 2.76 bits per heavy atom. The molecule has 0 fully saturated rings. The molecule has 0 spiro atoms. The van der Waals surface area contributed by atoms with Crippen molar-refractivity contribution in [1.29, 1.82) is 0 Å². The summed E-state index contributed by atoms with van der Waals surface area (Å²) in [6, 6.07) is 1.86. The maximum atomic E-state index is 12.6. The van der Waals surface area contributed by atoms with Gasteiger partial charge in [-0.15, -0.1) is 11.3 Å². The van der Waals surface area contributed by atoms with Crippen molar-refractivity contribution in [3.8, 4) is 0 Å². The van der Waals surface area contributed by atoms with E-state index in [1.54, 1.807) is 9.47 Å². The fourth-order valence-electron chi connectivity index (χ4n) is 2.28. The van der Waals surface area contributed by atoms with E-state index in [2.05, 4.69) is 19.9 Å². The van der Waals surface area contributed by atoms with Crippen molar-refractivity contribution >= 4 is 45.2 Å². The molecule has 1 atom stereocenters. The van der Waals surface area contributed by atoms with Gasteiger partial charge in [-0.05, 0) is 25.3 Å². The molecule has 3 heterocycles. The number of nitrogens with two attached hydrogens (primary N) is 1. The van der Waals surface area contributed by atoms with E-state index in [1.165, 1.54) is 23.1 Å². The van der Waals surface area contributed by atoms with Gasteiger partial charge in [0.25, 0.3) is 5.56 Å². The topological polar surface area (TPSA) is 103 Å². The zero-order valence-electron chi connectivity index (χ0n) is 14.4. The molecule has 0 saturated carbocycles. The van der Waals surface area contributed by atoms with E-state index in [1.807, 2.05) is 39.4 Å². The molecular formula is C15H19N7OS2. The fourth-order valence-corrected chi connectivity index (χ4v) is 4.08. The van der Waals surface area contributed by atoms with Crippen molar-refractivity contribution in [1.82, 2.24) is 24.5 Å². The van der Waals surface area contributed by atoms with Crippen LogP contribution < -0.4 is 16.2 Å². The zero-order chi connectivity index (χ0) is 18.1. The predicted octanol–water partition coefficient (Wildman–Crippen LogP) is 2.16. The van der Waals surface area contributed by atoms with Gasteiger partial charge in [0.2, 0.25) is 11.9 Å². The fraction of sp³-hybridized carbons (Fsp3) is 0.400. The van der Waals surface area contributed by atoms with Crippen molar-refractivity contribution in [2.75, 3.05) is 24.7 Å². The minimum Gasteiger partial charge on any atom is -0.368 e. The van der Waals surface area contributed by atoms with Crippen molar-refractivity contribution in [2.45, 2.75) is 30.8 Å². The summed E-state index contributed by atoms with van der Waals surface area (Å²) in [6.07, 6.45) is 0. The molecule has 0 unspecified atom stereocenters. The van der Waals surface area contributed by atoms with E-state index in [-0.39, 0.29) is 16.8 Å². The number of rotatable bonds is 5. The molecule has 0 amide bonds. The molecule has 10 heteroatoms. The second-order valence-corrected chi connectivity index (χ2v) is 7.81. The summed E-state index contributed by atoms with van der Waals surface area (Å²) < 4.78 is 2.36. The van der Waals surface area contributed by atoms with Crippen molar-refractivity contribution in [2.24, 2.45) is 0 Å². The van der Waals surface area contributed by atoms with Crippen molar-refractivity contribution < 1.29 is 0 Å². The normalized spacial score (nSPS) is 12.5. The quantitative estimate of drug-likeness (QED) is 0.533. The summed E-state index contributed by atoms with van der Waals surface area (Å²) in [5.41, 5.74) is 6.51. The second-order valence-electron chi connectivity index (χ2n) is 5.59. The highest BCUT2D eigenvalue weighted by Gasteiger charge is 2.19. The number of thiophene rings is 1. The Labute approximate surface area is 153 Å². The average Bonchev–Trinajstić information content (AvgIpc) is 3.03. The molecule has 3 aromatic heterocycles. The van der Waals surface area contributed by atoms with Gasteiger partial charge in [-0.1, -0.05) is 11.8 Å². The van der Waals surface area contributed by atoms with Crippen LogP contribution in [0.3, 0.4) is 0 Å². The van der Waals surface area contributed by atoms with Gasteiger partial charge in [-0.25, -0.2) is 4.98 Å². The van der Waals surface area contributed by atoms with Crippen LogP contribution >= 0.6 is 23.1 Å². The molecule has 0 aliphatic carbocycles. The van der Waals surface area contributed by atoms with E-state index in [4.69, 9.17) is 5.73 Å². The minimum atomic E-state index is -0.134. The van der Waals surface area contributed by atoms with Crippen LogP contribution in [0, 0.1) is 0 Å². The average molecular weight is 377 g/mol. The van der Waals surface area contributed by atoms with E-state index >= 15 is 0 Å².